The van der Waals surface area contributed by atoms with Gasteiger partial charge in [-0.15, -0.1) is 0 Å². The molecule has 0 amide bonds. The van der Waals surface area contributed by atoms with Crippen LogP contribution in [0.3, 0.4) is 0 Å². The molecule has 0 atom stereocenters. The molecule has 0 bridgehead atoms. The summed E-state index contributed by atoms with van der Waals surface area (Å²) in [6.07, 6.45) is 0. The fourth-order valence-corrected chi connectivity index (χ4v) is 2.33. The number of benzene rings is 1. The zero-order valence-corrected chi connectivity index (χ0v) is 11.1. The zero-order chi connectivity index (χ0) is 12.6. The highest BCUT2D eigenvalue weighted by molar-refractivity contribution is 5.39. The summed E-state index contributed by atoms with van der Waals surface area (Å²) in [4.78, 5) is 0. The van der Waals surface area contributed by atoms with Crippen LogP contribution in [0.5, 0.6) is 0 Å². The molecule has 1 aliphatic rings. The standard InChI is InChI=1S/C15H21FO/c1-9(2)12-6-15(16)13(10(3)4)5-14(12)11-7-17-8-11/h5-6,9-11H,7-8H2,1-4H3. The Kier molecular flexibility index (Phi) is 3.53. The summed E-state index contributed by atoms with van der Waals surface area (Å²) in [6.45, 7) is 9.87. The highest BCUT2D eigenvalue weighted by Gasteiger charge is 2.26. The fourth-order valence-electron chi connectivity index (χ4n) is 2.33. The largest absolute Gasteiger partial charge is 0.380 e. The highest BCUT2D eigenvalue weighted by Crippen LogP contribution is 2.34. The van der Waals surface area contributed by atoms with Crippen molar-refractivity contribution in [1.82, 2.24) is 0 Å². The quantitative estimate of drug-likeness (QED) is 0.764. The van der Waals surface area contributed by atoms with Gasteiger partial charge in [0.25, 0.3) is 0 Å². The van der Waals surface area contributed by atoms with Crippen LogP contribution in [0, 0.1) is 5.82 Å². The lowest BCUT2D eigenvalue weighted by Gasteiger charge is -2.30. The lowest BCUT2D eigenvalue weighted by atomic mass is 9.84. The Labute approximate surface area is 103 Å². The number of hydrogen-bond acceptors (Lipinski definition) is 1. The van der Waals surface area contributed by atoms with Crippen molar-refractivity contribution in [3.63, 3.8) is 0 Å². The van der Waals surface area contributed by atoms with Crippen LogP contribution in [0.2, 0.25) is 0 Å². The van der Waals surface area contributed by atoms with Crippen LogP contribution in [0.25, 0.3) is 0 Å². The van der Waals surface area contributed by atoms with E-state index >= 15 is 0 Å². The zero-order valence-electron chi connectivity index (χ0n) is 11.1. The van der Waals surface area contributed by atoms with Gasteiger partial charge in [-0.05, 0) is 34.6 Å². The van der Waals surface area contributed by atoms with Gasteiger partial charge in [-0.3, -0.25) is 0 Å². The molecule has 1 fully saturated rings. The summed E-state index contributed by atoms with van der Waals surface area (Å²) in [5.41, 5.74) is 3.26. The normalized spacial score (nSPS) is 16.6. The van der Waals surface area contributed by atoms with Crippen LogP contribution in [-0.4, -0.2) is 13.2 Å². The van der Waals surface area contributed by atoms with Crippen molar-refractivity contribution in [1.29, 1.82) is 0 Å². The molecule has 0 unspecified atom stereocenters. The van der Waals surface area contributed by atoms with Gasteiger partial charge in [0.05, 0.1) is 13.2 Å². The minimum atomic E-state index is -0.0623. The van der Waals surface area contributed by atoms with Gasteiger partial charge in [0.15, 0.2) is 0 Å². The average Bonchev–Trinajstić information content (AvgIpc) is 2.16. The second-order valence-corrected chi connectivity index (χ2v) is 5.55. The molecule has 94 valence electrons. The molecule has 1 heterocycles. The number of hydrogen-bond donors (Lipinski definition) is 0. The number of rotatable bonds is 3. The van der Waals surface area contributed by atoms with Crippen molar-refractivity contribution in [2.75, 3.05) is 13.2 Å². The van der Waals surface area contributed by atoms with Crippen LogP contribution in [-0.2, 0) is 4.74 Å². The Morgan fingerprint density at radius 2 is 1.65 bits per heavy atom. The summed E-state index contributed by atoms with van der Waals surface area (Å²) >= 11 is 0. The molecule has 1 nitrogen and oxygen atoms in total. The maximum Gasteiger partial charge on any atom is 0.126 e. The molecule has 2 rings (SSSR count). The summed E-state index contributed by atoms with van der Waals surface area (Å²) in [5, 5.41) is 0. The topological polar surface area (TPSA) is 9.23 Å². The number of ether oxygens (including phenoxy) is 1. The Balaban J connectivity index is 2.48. The van der Waals surface area contributed by atoms with Crippen LogP contribution in [0.15, 0.2) is 12.1 Å². The Hall–Kier alpha value is -0.890. The molecule has 1 aliphatic heterocycles. The summed E-state index contributed by atoms with van der Waals surface area (Å²) in [7, 11) is 0. The average molecular weight is 236 g/mol. The molecule has 0 saturated carbocycles. The summed E-state index contributed by atoms with van der Waals surface area (Å²) < 4.78 is 19.3. The first-order valence-electron chi connectivity index (χ1n) is 6.41. The molecule has 0 aromatic heterocycles. The monoisotopic (exact) mass is 236 g/mol. The smallest absolute Gasteiger partial charge is 0.126 e. The molecule has 17 heavy (non-hydrogen) atoms. The first-order valence-corrected chi connectivity index (χ1v) is 6.41. The van der Waals surface area contributed by atoms with Crippen LogP contribution >= 0.6 is 0 Å². The lowest BCUT2D eigenvalue weighted by Crippen LogP contribution is -2.26. The van der Waals surface area contributed by atoms with E-state index in [0.717, 1.165) is 24.3 Å². The van der Waals surface area contributed by atoms with E-state index in [0.29, 0.717) is 11.8 Å². The second kappa shape index (κ2) is 4.77. The van der Waals surface area contributed by atoms with E-state index in [1.807, 2.05) is 13.8 Å². The highest BCUT2D eigenvalue weighted by atomic mass is 19.1. The summed E-state index contributed by atoms with van der Waals surface area (Å²) in [6, 6.07) is 3.79. The van der Waals surface area contributed by atoms with E-state index in [2.05, 4.69) is 19.9 Å². The Morgan fingerprint density at radius 1 is 1.06 bits per heavy atom. The van der Waals surface area contributed by atoms with Crippen molar-refractivity contribution in [2.24, 2.45) is 0 Å². The first kappa shape index (κ1) is 12.6. The Morgan fingerprint density at radius 3 is 2.06 bits per heavy atom. The molecule has 0 radical (unpaired) electrons. The van der Waals surface area contributed by atoms with Crippen molar-refractivity contribution in [3.05, 3.63) is 34.6 Å². The molecule has 0 aliphatic carbocycles. The van der Waals surface area contributed by atoms with E-state index in [-0.39, 0.29) is 11.7 Å². The van der Waals surface area contributed by atoms with Crippen LogP contribution < -0.4 is 0 Å². The van der Waals surface area contributed by atoms with Gasteiger partial charge >= 0.3 is 0 Å². The fraction of sp³-hybridized carbons (Fsp3) is 0.600. The predicted molar refractivity (Wildman–Crippen MR) is 68.1 cm³/mol. The van der Waals surface area contributed by atoms with E-state index in [4.69, 9.17) is 4.74 Å². The molecule has 0 N–H and O–H groups in total. The Bertz CT molecular complexity index is 406. The van der Waals surface area contributed by atoms with Crippen molar-refractivity contribution < 1.29 is 9.13 Å². The molecule has 1 saturated heterocycles. The van der Waals surface area contributed by atoms with Gasteiger partial charge in [0.1, 0.15) is 5.82 Å². The second-order valence-electron chi connectivity index (χ2n) is 5.55. The van der Waals surface area contributed by atoms with Gasteiger partial charge < -0.3 is 4.74 Å². The third-order valence-electron chi connectivity index (χ3n) is 3.52. The molecule has 0 spiro atoms. The van der Waals surface area contributed by atoms with Gasteiger partial charge in [0.2, 0.25) is 0 Å². The van der Waals surface area contributed by atoms with Gasteiger partial charge in [-0.2, -0.15) is 0 Å². The number of halogens is 1. The lowest BCUT2D eigenvalue weighted by molar-refractivity contribution is 0.00793. The minimum Gasteiger partial charge on any atom is -0.380 e. The van der Waals surface area contributed by atoms with E-state index in [1.165, 1.54) is 5.56 Å². The molecular weight excluding hydrogens is 215 g/mol. The summed E-state index contributed by atoms with van der Waals surface area (Å²) in [5.74, 6) is 0.996. The van der Waals surface area contributed by atoms with E-state index in [9.17, 15) is 4.39 Å². The first-order chi connectivity index (χ1) is 8.00. The molecule has 1 aromatic carbocycles. The predicted octanol–water partition coefficient (Wildman–Crippen LogP) is 4.19. The molecule has 2 heteroatoms. The third kappa shape index (κ3) is 2.37. The van der Waals surface area contributed by atoms with Gasteiger partial charge in [0, 0.05) is 5.92 Å². The van der Waals surface area contributed by atoms with E-state index < -0.39 is 0 Å². The molecule has 1 aromatic rings. The van der Waals surface area contributed by atoms with Crippen LogP contribution in [0.4, 0.5) is 4.39 Å². The van der Waals surface area contributed by atoms with Gasteiger partial charge in [-0.1, -0.05) is 33.8 Å². The van der Waals surface area contributed by atoms with Crippen molar-refractivity contribution in [2.45, 2.75) is 45.4 Å². The van der Waals surface area contributed by atoms with Crippen molar-refractivity contribution in [3.8, 4) is 0 Å². The minimum absolute atomic E-state index is 0.0623. The maximum absolute atomic E-state index is 14.0. The SMILES string of the molecule is CC(C)c1cc(C2COC2)c(C(C)C)cc1F. The maximum atomic E-state index is 14.0. The van der Waals surface area contributed by atoms with Gasteiger partial charge in [-0.25, -0.2) is 4.39 Å². The van der Waals surface area contributed by atoms with Crippen molar-refractivity contribution >= 4 is 0 Å². The van der Waals surface area contributed by atoms with Crippen LogP contribution in [0.1, 0.15) is 62.1 Å². The third-order valence-corrected chi connectivity index (χ3v) is 3.52. The van der Waals surface area contributed by atoms with E-state index in [1.54, 1.807) is 6.07 Å². The molecular formula is C15H21FO.